The van der Waals surface area contributed by atoms with Crippen LogP contribution in [0.3, 0.4) is 0 Å². The van der Waals surface area contributed by atoms with Crippen LogP contribution >= 0.6 is 11.6 Å². The molecule has 0 fully saturated rings. The van der Waals surface area contributed by atoms with Crippen molar-refractivity contribution in [3.05, 3.63) is 99.8 Å². The number of benzene rings is 3. The molecule has 0 aliphatic heterocycles. The Balaban J connectivity index is 1.69. The van der Waals surface area contributed by atoms with E-state index < -0.39 is 0 Å². The van der Waals surface area contributed by atoms with E-state index in [2.05, 4.69) is 5.10 Å². The smallest absolute Gasteiger partial charge is 0.275 e. The summed E-state index contributed by atoms with van der Waals surface area (Å²) in [6, 6.07) is 25.0. The normalized spacial score (nSPS) is 12.0. The van der Waals surface area contributed by atoms with Gasteiger partial charge < -0.3 is 4.74 Å². The summed E-state index contributed by atoms with van der Waals surface area (Å²) in [5.41, 5.74) is 4.24. The highest BCUT2D eigenvalue weighted by Crippen LogP contribution is 2.29. The SMILES string of the molecule is Cc1ccc(OCC(C)n2[nH]c(-c3ccccc3)c(-c3ccccc3)c2=O)cc1Cl. The van der Waals surface area contributed by atoms with E-state index in [-0.39, 0.29) is 11.6 Å². The number of halogens is 1. The van der Waals surface area contributed by atoms with E-state index in [1.165, 1.54) is 0 Å². The minimum atomic E-state index is -0.197. The molecule has 0 spiro atoms. The fraction of sp³-hybridized carbons (Fsp3) is 0.160. The van der Waals surface area contributed by atoms with Crippen LogP contribution in [0.1, 0.15) is 18.5 Å². The Morgan fingerprint density at radius 1 is 0.967 bits per heavy atom. The summed E-state index contributed by atoms with van der Waals surface area (Å²) >= 11 is 6.19. The number of aromatic nitrogens is 2. The molecule has 30 heavy (non-hydrogen) atoms. The number of ether oxygens (including phenoxy) is 1. The van der Waals surface area contributed by atoms with Gasteiger partial charge in [0.2, 0.25) is 0 Å². The first-order valence-corrected chi connectivity index (χ1v) is 10.3. The van der Waals surface area contributed by atoms with Gasteiger partial charge in [-0.2, -0.15) is 0 Å². The topological polar surface area (TPSA) is 47.0 Å². The van der Waals surface area contributed by atoms with Crippen molar-refractivity contribution in [3.63, 3.8) is 0 Å². The third-order valence-electron chi connectivity index (χ3n) is 5.12. The standard InChI is InChI=1S/C25H23ClN2O2/c1-17-13-14-21(15-22(17)26)30-16-18(2)28-25(29)23(19-9-5-3-6-10-19)24(27-28)20-11-7-4-8-12-20/h3-15,18,27H,16H2,1-2H3. The van der Waals surface area contributed by atoms with E-state index in [4.69, 9.17) is 16.3 Å². The highest BCUT2D eigenvalue weighted by Gasteiger charge is 2.20. The summed E-state index contributed by atoms with van der Waals surface area (Å²) in [5, 5.41) is 3.98. The molecule has 152 valence electrons. The lowest BCUT2D eigenvalue weighted by Crippen LogP contribution is -2.25. The average Bonchev–Trinajstić information content (AvgIpc) is 3.13. The summed E-state index contributed by atoms with van der Waals surface area (Å²) in [4.78, 5) is 13.4. The molecule has 0 saturated carbocycles. The number of hydrogen-bond acceptors (Lipinski definition) is 2. The molecule has 1 heterocycles. The molecule has 5 heteroatoms. The van der Waals surface area contributed by atoms with Crippen LogP contribution in [0, 0.1) is 6.92 Å². The molecule has 1 atom stereocenters. The molecule has 1 aromatic heterocycles. The number of nitrogens with zero attached hydrogens (tertiary/aromatic N) is 1. The van der Waals surface area contributed by atoms with Gasteiger partial charge in [-0.3, -0.25) is 9.89 Å². The number of H-pyrrole nitrogens is 1. The largest absolute Gasteiger partial charge is 0.491 e. The maximum Gasteiger partial charge on any atom is 0.275 e. The van der Waals surface area contributed by atoms with Gasteiger partial charge in [0.15, 0.2) is 0 Å². The Morgan fingerprint density at radius 2 is 1.60 bits per heavy atom. The molecular weight excluding hydrogens is 396 g/mol. The van der Waals surface area contributed by atoms with E-state index in [1.54, 1.807) is 10.7 Å². The molecule has 4 nitrogen and oxygen atoms in total. The first kappa shape index (κ1) is 20.0. The van der Waals surface area contributed by atoms with E-state index in [0.717, 1.165) is 22.4 Å². The second-order valence-electron chi connectivity index (χ2n) is 7.34. The van der Waals surface area contributed by atoms with Gasteiger partial charge in [0.05, 0.1) is 17.3 Å². The lowest BCUT2D eigenvalue weighted by Gasteiger charge is -2.14. The minimum absolute atomic E-state index is 0.0712. The Bertz CT molecular complexity index is 1200. The summed E-state index contributed by atoms with van der Waals surface area (Å²) in [5.74, 6) is 0.684. The molecule has 0 aliphatic carbocycles. The highest BCUT2D eigenvalue weighted by molar-refractivity contribution is 6.31. The molecule has 1 unspecified atom stereocenters. The second-order valence-corrected chi connectivity index (χ2v) is 7.75. The maximum atomic E-state index is 13.4. The van der Waals surface area contributed by atoms with Crippen molar-refractivity contribution in [2.24, 2.45) is 0 Å². The van der Waals surface area contributed by atoms with Crippen LogP contribution < -0.4 is 10.3 Å². The van der Waals surface area contributed by atoms with Crippen molar-refractivity contribution < 1.29 is 4.74 Å². The molecule has 0 radical (unpaired) electrons. The number of nitrogens with one attached hydrogen (secondary N) is 1. The average molecular weight is 419 g/mol. The fourth-order valence-corrected chi connectivity index (χ4v) is 3.58. The van der Waals surface area contributed by atoms with Gasteiger partial charge in [-0.1, -0.05) is 78.3 Å². The third kappa shape index (κ3) is 4.05. The predicted octanol–water partition coefficient (Wildman–Crippen LogP) is 6.11. The third-order valence-corrected chi connectivity index (χ3v) is 5.52. The zero-order valence-corrected chi connectivity index (χ0v) is 17.7. The molecule has 3 aromatic carbocycles. The van der Waals surface area contributed by atoms with Gasteiger partial charge in [-0.05, 0) is 37.1 Å². The lowest BCUT2D eigenvalue weighted by atomic mass is 10.0. The minimum Gasteiger partial charge on any atom is -0.491 e. The molecule has 0 amide bonds. The van der Waals surface area contributed by atoms with E-state index in [9.17, 15) is 4.79 Å². The van der Waals surface area contributed by atoms with E-state index >= 15 is 0 Å². The van der Waals surface area contributed by atoms with Crippen LogP contribution in [0.2, 0.25) is 5.02 Å². The Hall–Kier alpha value is -3.24. The summed E-state index contributed by atoms with van der Waals surface area (Å²) in [6.07, 6.45) is 0. The molecule has 0 bridgehead atoms. The van der Waals surface area contributed by atoms with Crippen molar-refractivity contribution >= 4 is 11.6 Å². The van der Waals surface area contributed by atoms with Crippen LogP contribution in [0.25, 0.3) is 22.4 Å². The number of aryl methyl sites for hydroxylation is 1. The summed E-state index contributed by atoms with van der Waals surface area (Å²) < 4.78 is 7.55. The van der Waals surface area contributed by atoms with Crippen LogP contribution in [-0.4, -0.2) is 16.4 Å². The van der Waals surface area contributed by atoms with Crippen molar-refractivity contribution in [1.29, 1.82) is 0 Å². The lowest BCUT2D eigenvalue weighted by molar-refractivity contribution is 0.248. The molecule has 4 rings (SSSR count). The van der Waals surface area contributed by atoms with Crippen LogP contribution in [0.15, 0.2) is 83.7 Å². The van der Waals surface area contributed by atoms with Gasteiger partial charge in [0.25, 0.3) is 5.56 Å². The van der Waals surface area contributed by atoms with E-state index in [1.807, 2.05) is 86.6 Å². The van der Waals surface area contributed by atoms with E-state index in [0.29, 0.717) is 22.9 Å². The van der Waals surface area contributed by atoms with Gasteiger partial charge in [-0.25, -0.2) is 4.68 Å². The second kappa shape index (κ2) is 8.64. The predicted molar refractivity (Wildman–Crippen MR) is 122 cm³/mol. The first-order valence-electron chi connectivity index (χ1n) is 9.89. The Morgan fingerprint density at radius 3 is 2.23 bits per heavy atom. The van der Waals surface area contributed by atoms with Crippen molar-refractivity contribution in [3.8, 4) is 28.1 Å². The quantitative estimate of drug-likeness (QED) is 0.410. The van der Waals surface area contributed by atoms with Gasteiger partial charge in [0, 0.05) is 10.6 Å². The van der Waals surface area contributed by atoms with Gasteiger partial charge >= 0.3 is 0 Å². The van der Waals surface area contributed by atoms with Crippen LogP contribution in [0.4, 0.5) is 0 Å². The van der Waals surface area contributed by atoms with Gasteiger partial charge in [0.1, 0.15) is 12.4 Å². The Labute approximate surface area is 180 Å². The summed E-state index contributed by atoms with van der Waals surface area (Å²) in [7, 11) is 0. The zero-order chi connectivity index (χ0) is 21.1. The zero-order valence-electron chi connectivity index (χ0n) is 16.9. The molecule has 0 aliphatic rings. The summed E-state index contributed by atoms with van der Waals surface area (Å²) in [6.45, 7) is 4.24. The fourth-order valence-electron chi connectivity index (χ4n) is 3.41. The molecule has 4 aromatic rings. The first-order chi connectivity index (χ1) is 14.5. The van der Waals surface area contributed by atoms with Gasteiger partial charge in [-0.15, -0.1) is 0 Å². The van der Waals surface area contributed by atoms with Crippen molar-refractivity contribution in [1.82, 2.24) is 9.78 Å². The Kier molecular flexibility index (Phi) is 5.77. The van der Waals surface area contributed by atoms with Crippen molar-refractivity contribution in [2.75, 3.05) is 6.61 Å². The van der Waals surface area contributed by atoms with Crippen LogP contribution in [0.5, 0.6) is 5.75 Å². The molecule has 1 N–H and O–H groups in total. The number of rotatable bonds is 6. The molecule has 0 saturated heterocycles. The number of hydrogen-bond donors (Lipinski definition) is 1. The maximum absolute atomic E-state index is 13.4. The molecular formula is C25H23ClN2O2. The monoisotopic (exact) mass is 418 g/mol. The van der Waals surface area contributed by atoms with Crippen molar-refractivity contribution in [2.45, 2.75) is 19.9 Å². The number of aromatic amines is 1. The van der Waals surface area contributed by atoms with Crippen LogP contribution in [-0.2, 0) is 0 Å². The highest BCUT2D eigenvalue weighted by atomic mass is 35.5.